The van der Waals surface area contributed by atoms with Crippen molar-refractivity contribution >= 4 is 28.9 Å². The SMILES string of the molecule is CCOC(=O)[C@@H]1C(=O)N(CCOC)c2nc3ccccc3n2[C@H]1c1cccc(O)c1. The van der Waals surface area contributed by atoms with E-state index in [0.717, 1.165) is 5.52 Å². The van der Waals surface area contributed by atoms with Crippen LogP contribution < -0.4 is 4.90 Å². The molecule has 1 aliphatic rings. The molecule has 1 N–H and O–H groups in total. The van der Waals surface area contributed by atoms with Crippen LogP contribution in [0.2, 0.25) is 0 Å². The third kappa shape index (κ3) is 3.29. The number of hydrogen-bond donors (Lipinski definition) is 1. The molecule has 2 atom stereocenters. The minimum Gasteiger partial charge on any atom is -0.508 e. The van der Waals surface area contributed by atoms with Gasteiger partial charge in [-0.2, -0.15) is 0 Å². The zero-order chi connectivity index (χ0) is 21.3. The lowest BCUT2D eigenvalue weighted by molar-refractivity contribution is -0.153. The number of carbonyl (C=O) groups is 2. The zero-order valence-electron chi connectivity index (χ0n) is 16.8. The number of rotatable bonds is 6. The number of amides is 1. The summed E-state index contributed by atoms with van der Waals surface area (Å²) in [5.41, 5.74) is 2.11. The van der Waals surface area contributed by atoms with E-state index in [1.54, 1.807) is 38.3 Å². The van der Waals surface area contributed by atoms with Crippen LogP contribution in [0.25, 0.3) is 11.0 Å². The Morgan fingerprint density at radius 3 is 2.73 bits per heavy atom. The summed E-state index contributed by atoms with van der Waals surface area (Å²) in [6.45, 7) is 2.41. The van der Waals surface area contributed by atoms with E-state index in [-0.39, 0.29) is 18.9 Å². The van der Waals surface area contributed by atoms with E-state index in [0.29, 0.717) is 23.6 Å². The molecule has 0 radical (unpaired) electrons. The van der Waals surface area contributed by atoms with Gasteiger partial charge in [0.15, 0.2) is 5.92 Å². The van der Waals surface area contributed by atoms with Crippen LogP contribution in [0.4, 0.5) is 5.95 Å². The highest BCUT2D eigenvalue weighted by Crippen LogP contribution is 2.41. The van der Waals surface area contributed by atoms with Gasteiger partial charge in [0, 0.05) is 7.11 Å². The van der Waals surface area contributed by atoms with Crippen molar-refractivity contribution in [2.24, 2.45) is 5.92 Å². The van der Waals surface area contributed by atoms with Gasteiger partial charge in [-0.25, -0.2) is 4.98 Å². The molecule has 2 aromatic carbocycles. The normalized spacial score (nSPS) is 18.5. The molecule has 30 heavy (non-hydrogen) atoms. The Kier molecular flexibility index (Phi) is 5.41. The van der Waals surface area contributed by atoms with Crippen LogP contribution in [0.15, 0.2) is 48.5 Å². The van der Waals surface area contributed by atoms with Crippen LogP contribution in [-0.4, -0.2) is 53.4 Å². The molecule has 0 saturated carbocycles. The van der Waals surface area contributed by atoms with Crippen LogP contribution in [0.1, 0.15) is 18.5 Å². The van der Waals surface area contributed by atoms with E-state index in [9.17, 15) is 14.7 Å². The number of hydrogen-bond acceptors (Lipinski definition) is 6. The molecule has 1 aromatic heterocycles. The van der Waals surface area contributed by atoms with Crippen molar-refractivity contribution < 1.29 is 24.2 Å². The van der Waals surface area contributed by atoms with E-state index < -0.39 is 23.8 Å². The Morgan fingerprint density at radius 2 is 2.00 bits per heavy atom. The number of phenols is 1. The number of imidazole rings is 1. The van der Waals surface area contributed by atoms with Crippen molar-refractivity contribution in [2.75, 3.05) is 31.8 Å². The van der Waals surface area contributed by atoms with Gasteiger partial charge in [0.1, 0.15) is 5.75 Å². The van der Waals surface area contributed by atoms with Crippen molar-refractivity contribution in [2.45, 2.75) is 13.0 Å². The first kappa shape index (κ1) is 19.9. The highest BCUT2D eigenvalue weighted by atomic mass is 16.5. The number of anilines is 1. The predicted molar refractivity (Wildman–Crippen MR) is 110 cm³/mol. The minimum absolute atomic E-state index is 0.0512. The van der Waals surface area contributed by atoms with E-state index in [4.69, 9.17) is 9.47 Å². The van der Waals surface area contributed by atoms with Gasteiger partial charge in [0.2, 0.25) is 11.9 Å². The summed E-state index contributed by atoms with van der Waals surface area (Å²) < 4.78 is 12.3. The highest BCUT2D eigenvalue weighted by Gasteiger charge is 2.47. The summed E-state index contributed by atoms with van der Waals surface area (Å²) in [7, 11) is 1.55. The van der Waals surface area contributed by atoms with E-state index in [2.05, 4.69) is 4.98 Å². The van der Waals surface area contributed by atoms with Gasteiger partial charge in [0.05, 0.1) is 36.8 Å². The number of benzene rings is 2. The average Bonchev–Trinajstić information content (AvgIpc) is 3.11. The van der Waals surface area contributed by atoms with E-state index >= 15 is 0 Å². The van der Waals surface area contributed by atoms with Crippen LogP contribution in [-0.2, 0) is 19.1 Å². The number of nitrogens with zero attached hydrogens (tertiary/aromatic N) is 3. The van der Waals surface area contributed by atoms with E-state index in [1.165, 1.54) is 4.90 Å². The fraction of sp³-hybridized carbons (Fsp3) is 0.318. The Bertz CT molecular complexity index is 1090. The molecule has 156 valence electrons. The fourth-order valence-electron chi connectivity index (χ4n) is 3.95. The molecule has 0 fully saturated rings. The molecule has 0 bridgehead atoms. The first-order chi connectivity index (χ1) is 14.6. The molecular weight excluding hydrogens is 386 g/mol. The van der Waals surface area contributed by atoms with Crippen LogP contribution in [0.5, 0.6) is 5.75 Å². The lowest BCUT2D eigenvalue weighted by Gasteiger charge is -2.37. The summed E-state index contributed by atoms with van der Waals surface area (Å²) in [6, 6.07) is 13.4. The molecule has 0 unspecified atom stereocenters. The number of ether oxygens (including phenoxy) is 2. The van der Waals surface area contributed by atoms with Gasteiger partial charge in [0.25, 0.3) is 0 Å². The first-order valence-electron chi connectivity index (χ1n) is 9.79. The number of aromatic hydroxyl groups is 1. The molecular formula is C22H23N3O5. The van der Waals surface area contributed by atoms with E-state index in [1.807, 2.05) is 28.8 Å². The number of para-hydroxylation sites is 2. The summed E-state index contributed by atoms with van der Waals surface area (Å²) in [6.07, 6.45) is 0. The number of esters is 1. The van der Waals surface area contributed by atoms with Crippen molar-refractivity contribution in [3.63, 3.8) is 0 Å². The first-order valence-corrected chi connectivity index (χ1v) is 9.79. The third-order valence-electron chi connectivity index (χ3n) is 5.22. The van der Waals surface area contributed by atoms with Crippen molar-refractivity contribution in [3.8, 4) is 5.75 Å². The summed E-state index contributed by atoms with van der Waals surface area (Å²) in [4.78, 5) is 32.6. The van der Waals surface area contributed by atoms with Crippen LogP contribution >= 0.6 is 0 Å². The van der Waals surface area contributed by atoms with Gasteiger partial charge in [-0.3, -0.25) is 14.5 Å². The Hall–Kier alpha value is -3.39. The maximum atomic E-state index is 13.5. The fourth-order valence-corrected chi connectivity index (χ4v) is 3.95. The Morgan fingerprint density at radius 1 is 1.20 bits per heavy atom. The maximum Gasteiger partial charge on any atom is 0.321 e. The van der Waals surface area contributed by atoms with Crippen molar-refractivity contribution in [1.82, 2.24) is 9.55 Å². The lowest BCUT2D eigenvalue weighted by atomic mass is 9.89. The zero-order valence-corrected chi connectivity index (χ0v) is 16.8. The Labute approximate surface area is 173 Å². The molecule has 1 aliphatic heterocycles. The lowest BCUT2D eigenvalue weighted by Crippen LogP contribution is -2.51. The minimum atomic E-state index is -1.12. The number of methoxy groups -OCH3 is 1. The summed E-state index contributed by atoms with van der Waals surface area (Å²) in [5.74, 6) is -1.64. The summed E-state index contributed by atoms with van der Waals surface area (Å²) >= 11 is 0. The number of aromatic nitrogens is 2. The summed E-state index contributed by atoms with van der Waals surface area (Å²) in [5, 5.41) is 10.1. The molecule has 0 saturated heterocycles. The standard InChI is InChI=1S/C22H23N3O5/c1-3-30-21(28)18-19(14-7-6-8-15(26)13-14)25-17-10-5-4-9-16(17)23-22(25)24(20(18)27)11-12-29-2/h4-10,13,18-19,26H,3,11-12H2,1-2H3/t18-,19-/m0/s1. The molecule has 8 nitrogen and oxygen atoms in total. The second kappa shape index (κ2) is 8.16. The smallest absolute Gasteiger partial charge is 0.321 e. The second-order valence-corrected chi connectivity index (χ2v) is 7.02. The largest absolute Gasteiger partial charge is 0.508 e. The molecule has 0 spiro atoms. The Balaban J connectivity index is 1.98. The van der Waals surface area contributed by atoms with Gasteiger partial charge in [-0.1, -0.05) is 24.3 Å². The quantitative estimate of drug-likeness (QED) is 0.497. The number of phenolic OH excluding ortho intramolecular Hbond substituents is 1. The van der Waals surface area contributed by atoms with Gasteiger partial charge in [-0.15, -0.1) is 0 Å². The van der Waals surface area contributed by atoms with Crippen LogP contribution in [0, 0.1) is 5.92 Å². The number of carbonyl (C=O) groups excluding carboxylic acids is 2. The van der Waals surface area contributed by atoms with Crippen molar-refractivity contribution in [1.29, 1.82) is 0 Å². The third-order valence-corrected chi connectivity index (χ3v) is 5.22. The van der Waals surface area contributed by atoms with Crippen molar-refractivity contribution in [3.05, 3.63) is 54.1 Å². The average molecular weight is 409 g/mol. The molecule has 3 aromatic rings. The highest BCUT2D eigenvalue weighted by molar-refractivity contribution is 6.08. The monoisotopic (exact) mass is 409 g/mol. The molecule has 1 amide bonds. The molecule has 2 heterocycles. The topological polar surface area (TPSA) is 93.9 Å². The molecule has 8 heteroatoms. The van der Waals surface area contributed by atoms with Crippen LogP contribution in [0.3, 0.4) is 0 Å². The van der Waals surface area contributed by atoms with Gasteiger partial charge >= 0.3 is 5.97 Å². The molecule has 4 rings (SSSR count). The predicted octanol–water partition coefficient (Wildman–Crippen LogP) is 2.50. The van der Waals surface area contributed by atoms with Gasteiger partial charge in [-0.05, 0) is 36.8 Å². The number of fused-ring (bicyclic) bond motifs is 3. The molecule has 0 aliphatic carbocycles. The second-order valence-electron chi connectivity index (χ2n) is 7.02. The maximum absolute atomic E-state index is 13.5. The van der Waals surface area contributed by atoms with Gasteiger partial charge < -0.3 is 19.1 Å².